The molecule has 92 valence electrons. The molecule has 0 aromatic carbocycles. The molecule has 3 rings (SSSR count). The molecule has 0 atom stereocenters. The van der Waals surface area contributed by atoms with Crippen molar-refractivity contribution in [3.8, 4) is 0 Å². The van der Waals surface area contributed by atoms with Crippen LogP contribution in [0.4, 0.5) is 0 Å². The summed E-state index contributed by atoms with van der Waals surface area (Å²) >= 11 is 0. The van der Waals surface area contributed by atoms with E-state index in [1.807, 2.05) is 0 Å². The zero-order chi connectivity index (χ0) is 11.9. The van der Waals surface area contributed by atoms with E-state index in [2.05, 4.69) is 18.0 Å². The molecule has 1 aromatic heterocycles. The predicted molar refractivity (Wildman–Crippen MR) is 67.7 cm³/mol. The van der Waals surface area contributed by atoms with Crippen molar-refractivity contribution in [2.45, 2.75) is 63.3 Å². The molecular weight excluding hydrogens is 210 g/mol. The Bertz CT molecular complexity index is 417. The van der Waals surface area contributed by atoms with Gasteiger partial charge in [0.25, 0.3) is 0 Å². The summed E-state index contributed by atoms with van der Waals surface area (Å²) in [6.07, 6.45) is 8.39. The van der Waals surface area contributed by atoms with Crippen LogP contribution < -0.4 is 5.73 Å². The van der Waals surface area contributed by atoms with Gasteiger partial charge in [0.05, 0.1) is 5.54 Å². The van der Waals surface area contributed by atoms with Crippen LogP contribution in [0.5, 0.6) is 0 Å². The van der Waals surface area contributed by atoms with E-state index in [1.165, 1.54) is 37.8 Å². The second-order valence-corrected chi connectivity index (χ2v) is 5.75. The molecule has 0 radical (unpaired) electrons. The molecule has 1 aromatic rings. The summed E-state index contributed by atoms with van der Waals surface area (Å²) in [6.45, 7) is 2.06. The van der Waals surface area contributed by atoms with E-state index < -0.39 is 0 Å². The minimum absolute atomic E-state index is 0.256. The van der Waals surface area contributed by atoms with Gasteiger partial charge in [0, 0.05) is 17.3 Å². The lowest BCUT2D eigenvalue weighted by molar-refractivity contribution is 0.286. The maximum absolute atomic E-state index is 6.51. The van der Waals surface area contributed by atoms with Crippen molar-refractivity contribution in [1.82, 2.24) is 9.97 Å². The molecule has 0 bridgehead atoms. The van der Waals surface area contributed by atoms with Gasteiger partial charge >= 0.3 is 0 Å². The molecule has 2 fully saturated rings. The van der Waals surface area contributed by atoms with Crippen LogP contribution in [-0.2, 0) is 5.54 Å². The molecule has 0 aliphatic heterocycles. The largest absolute Gasteiger partial charge is 0.319 e. The van der Waals surface area contributed by atoms with Crippen LogP contribution >= 0.6 is 0 Å². The Kier molecular flexibility index (Phi) is 2.66. The Balaban J connectivity index is 1.95. The summed E-state index contributed by atoms with van der Waals surface area (Å²) in [5.74, 6) is 1.58. The summed E-state index contributed by atoms with van der Waals surface area (Å²) in [5.41, 5.74) is 8.56. The number of rotatable bonds is 2. The standard InChI is InChI=1S/C14H21N3/c1-10-9-12(11-5-6-11)17-13(16-10)14(15)7-3-2-4-8-14/h9,11H,2-8,15H2,1H3. The average Bonchev–Trinajstić information content (AvgIpc) is 3.13. The summed E-state index contributed by atoms with van der Waals surface area (Å²) in [7, 11) is 0. The highest BCUT2D eigenvalue weighted by Crippen LogP contribution is 2.40. The highest BCUT2D eigenvalue weighted by molar-refractivity contribution is 5.21. The van der Waals surface area contributed by atoms with Gasteiger partial charge in [-0.1, -0.05) is 19.3 Å². The van der Waals surface area contributed by atoms with Crippen molar-refractivity contribution in [3.63, 3.8) is 0 Å². The molecule has 0 unspecified atom stereocenters. The van der Waals surface area contributed by atoms with Gasteiger partial charge in [-0.25, -0.2) is 9.97 Å². The van der Waals surface area contributed by atoms with E-state index in [0.717, 1.165) is 24.4 Å². The fourth-order valence-electron chi connectivity index (χ4n) is 2.81. The molecule has 3 nitrogen and oxygen atoms in total. The maximum atomic E-state index is 6.51. The molecule has 0 saturated heterocycles. The van der Waals surface area contributed by atoms with Crippen LogP contribution in [0.1, 0.15) is 68.1 Å². The van der Waals surface area contributed by atoms with E-state index in [-0.39, 0.29) is 5.54 Å². The first-order valence-corrected chi connectivity index (χ1v) is 6.82. The maximum Gasteiger partial charge on any atom is 0.148 e. The van der Waals surface area contributed by atoms with Gasteiger partial charge in [-0.15, -0.1) is 0 Å². The number of aromatic nitrogens is 2. The van der Waals surface area contributed by atoms with Gasteiger partial charge < -0.3 is 5.73 Å². The first-order chi connectivity index (χ1) is 8.17. The monoisotopic (exact) mass is 231 g/mol. The van der Waals surface area contributed by atoms with E-state index in [1.54, 1.807) is 0 Å². The van der Waals surface area contributed by atoms with Crippen molar-refractivity contribution in [3.05, 3.63) is 23.3 Å². The highest BCUT2D eigenvalue weighted by Gasteiger charge is 2.34. The van der Waals surface area contributed by atoms with Gasteiger partial charge in [0.2, 0.25) is 0 Å². The van der Waals surface area contributed by atoms with Crippen LogP contribution in [0.2, 0.25) is 0 Å². The van der Waals surface area contributed by atoms with Gasteiger partial charge in [-0.05, 0) is 38.7 Å². The third-order valence-electron chi connectivity index (χ3n) is 4.06. The molecule has 17 heavy (non-hydrogen) atoms. The molecule has 0 spiro atoms. The fraction of sp³-hybridized carbons (Fsp3) is 0.714. The molecule has 3 heteroatoms. The van der Waals surface area contributed by atoms with E-state index in [0.29, 0.717) is 5.92 Å². The van der Waals surface area contributed by atoms with Gasteiger partial charge in [0.1, 0.15) is 5.82 Å². The summed E-state index contributed by atoms with van der Waals surface area (Å²) in [4.78, 5) is 9.36. The molecule has 2 N–H and O–H groups in total. The Morgan fingerprint density at radius 3 is 2.53 bits per heavy atom. The Morgan fingerprint density at radius 1 is 1.18 bits per heavy atom. The normalized spacial score (nSPS) is 23.6. The minimum Gasteiger partial charge on any atom is -0.319 e. The lowest BCUT2D eigenvalue weighted by Crippen LogP contribution is -2.40. The Morgan fingerprint density at radius 2 is 1.88 bits per heavy atom. The first-order valence-electron chi connectivity index (χ1n) is 6.82. The number of hydrogen-bond donors (Lipinski definition) is 1. The lowest BCUT2D eigenvalue weighted by Gasteiger charge is -2.32. The van der Waals surface area contributed by atoms with Gasteiger partial charge in [0.15, 0.2) is 0 Å². The summed E-state index contributed by atoms with van der Waals surface area (Å²) < 4.78 is 0. The predicted octanol–water partition coefficient (Wildman–Crippen LogP) is 2.78. The van der Waals surface area contributed by atoms with E-state index >= 15 is 0 Å². The molecule has 2 saturated carbocycles. The molecular formula is C14H21N3. The fourth-order valence-corrected chi connectivity index (χ4v) is 2.81. The molecule has 2 aliphatic carbocycles. The summed E-state index contributed by atoms with van der Waals surface area (Å²) in [5, 5.41) is 0. The number of nitrogens with zero attached hydrogens (tertiary/aromatic N) is 2. The van der Waals surface area contributed by atoms with Crippen molar-refractivity contribution < 1.29 is 0 Å². The van der Waals surface area contributed by atoms with Crippen molar-refractivity contribution in [2.24, 2.45) is 5.73 Å². The van der Waals surface area contributed by atoms with Crippen LogP contribution in [0, 0.1) is 6.92 Å². The van der Waals surface area contributed by atoms with Crippen molar-refractivity contribution in [1.29, 1.82) is 0 Å². The number of nitrogens with two attached hydrogens (primary N) is 1. The minimum atomic E-state index is -0.256. The zero-order valence-electron chi connectivity index (χ0n) is 10.6. The van der Waals surface area contributed by atoms with Crippen molar-refractivity contribution >= 4 is 0 Å². The first kappa shape index (κ1) is 11.1. The lowest BCUT2D eigenvalue weighted by atomic mass is 9.82. The van der Waals surface area contributed by atoms with E-state index in [4.69, 9.17) is 10.7 Å². The second-order valence-electron chi connectivity index (χ2n) is 5.75. The third-order valence-corrected chi connectivity index (χ3v) is 4.06. The molecule has 0 amide bonds. The molecule has 1 heterocycles. The van der Waals surface area contributed by atoms with Crippen LogP contribution in [0.15, 0.2) is 6.07 Å². The summed E-state index contributed by atoms with van der Waals surface area (Å²) in [6, 6.07) is 2.13. The number of aryl methyl sites for hydroxylation is 1. The Hall–Kier alpha value is -0.960. The topological polar surface area (TPSA) is 51.8 Å². The van der Waals surface area contributed by atoms with Crippen LogP contribution in [0.25, 0.3) is 0 Å². The zero-order valence-corrected chi connectivity index (χ0v) is 10.6. The van der Waals surface area contributed by atoms with Gasteiger partial charge in [-0.3, -0.25) is 0 Å². The van der Waals surface area contributed by atoms with Crippen molar-refractivity contribution in [2.75, 3.05) is 0 Å². The second kappa shape index (κ2) is 4.05. The Labute approximate surface area is 103 Å². The molecule has 2 aliphatic rings. The SMILES string of the molecule is Cc1cc(C2CC2)nc(C2(N)CCCCC2)n1. The van der Waals surface area contributed by atoms with Crippen LogP contribution in [-0.4, -0.2) is 9.97 Å². The number of hydrogen-bond acceptors (Lipinski definition) is 3. The van der Waals surface area contributed by atoms with Gasteiger partial charge in [-0.2, -0.15) is 0 Å². The quantitative estimate of drug-likeness (QED) is 0.851. The smallest absolute Gasteiger partial charge is 0.148 e. The average molecular weight is 231 g/mol. The third kappa shape index (κ3) is 2.21. The van der Waals surface area contributed by atoms with Crippen LogP contribution in [0.3, 0.4) is 0 Å². The highest BCUT2D eigenvalue weighted by atomic mass is 15.0. The van der Waals surface area contributed by atoms with E-state index in [9.17, 15) is 0 Å².